The Morgan fingerprint density at radius 1 is 1.28 bits per heavy atom. The summed E-state index contributed by atoms with van der Waals surface area (Å²) in [4.78, 5) is 2.40. The van der Waals surface area contributed by atoms with Crippen LogP contribution in [0.2, 0.25) is 0 Å². The summed E-state index contributed by atoms with van der Waals surface area (Å²) in [6, 6.07) is 8.82. The SMILES string of the molecule is CCC1c2ccccc2OCN1CCCCCO. The molecule has 0 saturated heterocycles. The molecule has 0 amide bonds. The van der Waals surface area contributed by atoms with E-state index in [1.54, 1.807) is 0 Å². The first-order chi connectivity index (χ1) is 8.86. The van der Waals surface area contributed by atoms with E-state index in [2.05, 4.69) is 30.0 Å². The molecule has 0 aliphatic carbocycles. The molecule has 0 aromatic heterocycles. The van der Waals surface area contributed by atoms with Crippen molar-refractivity contribution < 1.29 is 9.84 Å². The molecule has 1 aliphatic rings. The molecular weight excluding hydrogens is 226 g/mol. The molecule has 0 saturated carbocycles. The van der Waals surface area contributed by atoms with Crippen LogP contribution in [-0.4, -0.2) is 29.9 Å². The molecule has 0 spiro atoms. The Morgan fingerprint density at radius 2 is 2.11 bits per heavy atom. The van der Waals surface area contributed by atoms with E-state index in [4.69, 9.17) is 9.84 Å². The molecule has 1 heterocycles. The summed E-state index contributed by atoms with van der Waals surface area (Å²) in [6.45, 7) is 4.27. The minimum Gasteiger partial charge on any atom is -0.478 e. The fourth-order valence-corrected chi connectivity index (χ4v) is 2.63. The van der Waals surface area contributed by atoms with Crippen LogP contribution in [0.4, 0.5) is 0 Å². The number of hydrogen-bond acceptors (Lipinski definition) is 3. The molecule has 1 aromatic carbocycles. The zero-order valence-corrected chi connectivity index (χ0v) is 11.1. The smallest absolute Gasteiger partial charge is 0.142 e. The number of hydrogen-bond donors (Lipinski definition) is 1. The van der Waals surface area contributed by atoms with E-state index in [0.717, 1.165) is 38.0 Å². The van der Waals surface area contributed by atoms with Gasteiger partial charge in [0.1, 0.15) is 12.5 Å². The maximum atomic E-state index is 8.79. The molecular formula is C15H23NO2. The van der Waals surface area contributed by atoms with Crippen LogP contribution in [0.25, 0.3) is 0 Å². The summed E-state index contributed by atoms with van der Waals surface area (Å²) in [6.07, 6.45) is 4.23. The number of benzene rings is 1. The molecule has 1 atom stereocenters. The standard InChI is InChI=1S/C15H23NO2/c1-2-14-13-8-4-5-9-15(13)18-12-16(14)10-6-3-7-11-17/h4-5,8-9,14,17H,2-3,6-7,10-12H2,1H3. The van der Waals surface area contributed by atoms with Crippen LogP contribution < -0.4 is 4.74 Å². The molecule has 1 aliphatic heterocycles. The highest BCUT2D eigenvalue weighted by atomic mass is 16.5. The highest BCUT2D eigenvalue weighted by Gasteiger charge is 2.26. The lowest BCUT2D eigenvalue weighted by atomic mass is 10.0. The predicted molar refractivity (Wildman–Crippen MR) is 72.6 cm³/mol. The van der Waals surface area contributed by atoms with E-state index < -0.39 is 0 Å². The summed E-state index contributed by atoms with van der Waals surface area (Å²) in [5, 5.41) is 8.79. The zero-order valence-electron chi connectivity index (χ0n) is 11.1. The van der Waals surface area contributed by atoms with E-state index >= 15 is 0 Å². The van der Waals surface area contributed by atoms with Gasteiger partial charge in [-0.05, 0) is 31.7 Å². The average Bonchev–Trinajstić information content (AvgIpc) is 2.43. The van der Waals surface area contributed by atoms with Gasteiger partial charge in [-0.1, -0.05) is 25.1 Å². The molecule has 0 bridgehead atoms. The number of aliphatic hydroxyl groups is 1. The molecule has 18 heavy (non-hydrogen) atoms. The van der Waals surface area contributed by atoms with Crippen molar-refractivity contribution in [2.45, 2.75) is 38.6 Å². The lowest BCUT2D eigenvalue weighted by molar-refractivity contribution is 0.0537. The topological polar surface area (TPSA) is 32.7 Å². The Balaban J connectivity index is 1.97. The zero-order chi connectivity index (χ0) is 12.8. The lowest BCUT2D eigenvalue weighted by Crippen LogP contribution is -2.37. The van der Waals surface area contributed by atoms with Crippen molar-refractivity contribution in [2.24, 2.45) is 0 Å². The van der Waals surface area contributed by atoms with Crippen LogP contribution in [0.1, 0.15) is 44.2 Å². The number of nitrogens with zero attached hydrogens (tertiary/aromatic N) is 1. The van der Waals surface area contributed by atoms with Crippen molar-refractivity contribution in [3.63, 3.8) is 0 Å². The highest BCUT2D eigenvalue weighted by Crippen LogP contribution is 2.35. The Bertz CT molecular complexity index is 367. The third kappa shape index (κ3) is 3.03. The van der Waals surface area contributed by atoms with E-state index in [0.29, 0.717) is 19.4 Å². The van der Waals surface area contributed by atoms with Crippen molar-refractivity contribution in [2.75, 3.05) is 19.9 Å². The molecule has 3 nitrogen and oxygen atoms in total. The summed E-state index contributed by atoms with van der Waals surface area (Å²) in [5.74, 6) is 1.04. The van der Waals surface area contributed by atoms with E-state index in [1.165, 1.54) is 5.56 Å². The van der Waals surface area contributed by atoms with Crippen LogP contribution in [0.3, 0.4) is 0 Å². The van der Waals surface area contributed by atoms with Gasteiger partial charge in [-0.2, -0.15) is 0 Å². The van der Waals surface area contributed by atoms with E-state index in [-0.39, 0.29) is 0 Å². The van der Waals surface area contributed by atoms with Gasteiger partial charge in [0.05, 0.1) is 0 Å². The second kappa shape index (κ2) is 6.76. The summed E-state index contributed by atoms with van der Waals surface area (Å²) < 4.78 is 5.80. The number of rotatable bonds is 6. The van der Waals surface area contributed by atoms with Gasteiger partial charge in [0, 0.05) is 24.8 Å². The van der Waals surface area contributed by atoms with Gasteiger partial charge in [0.15, 0.2) is 0 Å². The van der Waals surface area contributed by atoms with Crippen molar-refractivity contribution in [1.82, 2.24) is 4.90 Å². The van der Waals surface area contributed by atoms with E-state index in [9.17, 15) is 0 Å². The minimum atomic E-state index is 0.302. The molecule has 3 heteroatoms. The van der Waals surface area contributed by atoms with Crippen molar-refractivity contribution in [3.05, 3.63) is 29.8 Å². The monoisotopic (exact) mass is 249 g/mol. The Kier molecular flexibility index (Phi) is 5.02. The van der Waals surface area contributed by atoms with Gasteiger partial charge in [0.2, 0.25) is 0 Å². The fraction of sp³-hybridized carbons (Fsp3) is 0.600. The normalized spacial score (nSPS) is 19.3. The maximum Gasteiger partial charge on any atom is 0.142 e. The number of unbranched alkanes of at least 4 members (excludes halogenated alkanes) is 2. The molecule has 0 fully saturated rings. The number of fused-ring (bicyclic) bond motifs is 1. The van der Waals surface area contributed by atoms with Crippen molar-refractivity contribution in [1.29, 1.82) is 0 Å². The number of aliphatic hydroxyl groups excluding tert-OH is 1. The molecule has 1 aromatic rings. The molecule has 0 radical (unpaired) electrons. The molecule has 2 rings (SSSR count). The third-order valence-electron chi connectivity index (χ3n) is 3.59. The first kappa shape index (κ1) is 13.4. The highest BCUT2D eigenvalue weighted by molar-refractivity contribution is 5.37. The quantitative estimate of drug-likeness (QED) is 0.787. The van der Waals surface area contributed by atoms with Crippen LogP contribution in [-0.2, 0) is 0 Å². The Morgan fingerprint density at radius 3 is 2.89 bits per heavy atom. The third-order valence-corrected chi connectivity index (χ3v) is 3.59. The second-order valence-corrected chi connectivity index (χ2v) is 4.83. The number of ether oxygens (including phenoxy) is 1. The molecule has 100 valence electrons. The second-order valence-electron chi connectivity index (χ2n) is 4.83. The van der Waals surface area contributed by atoms with Crippen molar-refractivity contribution in [3.8, 4) is 5.75 Å². The fourth-order valence-electron chi connectivity index (χ4n) is 2.63. The minimum absolute atomic E-state index is 0.302. The van der Waals surface area contributed by atoms with Gasteiger partial charge >= 0.3 is 0 Å². The van der Waals surface area contributed by atoms with Crippen LogP contribution in [0.15, 0.2) is 24.3 Å². The maximum absolute atomic E-state index is 8.79. The average molecular weight is 249 g/mol. The Hall–Kier alpha value is -1.06. The van der Waals surface area contributed by atoms with Crippen LogP contribution in [0, 0.1) is 0 Å². The number of para-hydroxylation sites is 1. The van der Waals surface area contributed by atoms with Gasteiger partial charge in [0.25, 0.3) is 0 Å². The summed E-state index contributed by atoms with van der Waals surface area (Å²) in [5.41, 5.74) is 1.31. The van der Waals surface area contributed by atoms with Gasteiger partial charge in [-0.15, -0.1) is 0 Å². The summed E-state index contributed by atoms with van der Waals surface area (Å²) in [7, 11) is 0. The van der Waals surface area contributed by atoms with Crippen LogP contribution in [0.5, 0.6) is 5.75 Å². The van der Waals surface area contributed by atoms with Gasteiger partial charge in [-0.25, -0.2) is 0 Å². The largest absolute Gasteiger partial charge is 0.478 e. The molecule has 1 unspecified atom stereocenters. The molecule has 1 N–H and O–H groups in total. The van der Waals surface area contributed by atoms with Gasteiger partial charge in [-0.3, -0.25) is 4.90 Å². The van der Waals surface area contributed by atoms with Crippen molar-refractivity contribution >= 4 is 0 Å². The predicted octanol–water partition coefficient (Wildman–Crippen LogP) is 2.95. The first-order valence-corrected chi connectivity index (χ1v) is 6.93. The Labute approximate surface area is 109 Å². The van der Waals surface area contributed by atoms with E-state index in [1.807, 2.05) is 6.07 Å². The van der Waals surface area contributed by atoms with Crippen LogP contribution >= 0.6 is 0 Å². The lowest BCUT2D eigenvalue weighted by Gasteiger charge is -2.36. The van der Waals surface area contributed by atoms with Gasteiger partial charge < -0.3 is 9.84 Å². The summed E-state index contributed by atoms with van der Waals surface area (Å²) >= 11 is 0. The first-order valence-electron chi connectivity index (χ1n) is 6.93.